The molecule has 1 atom stereocenters. The third kappa shape index (κ3) is 2.06. The van der Waals surface area contributed by atoms with Gasteiger partial charge in [-0.25, -0.2) is 0 Å². The molecule has 1 N–H and O–H groups in total. The molecule has 2 aromatic rings. The molecule has 0 spiro atoms. The molecule has 3 heteroatoms. The van der Waals surface area contributed by atoms with E-state index < -0.39 is 0 Å². The molecule has 1 unspecified atom stereocenters. The Hall–Kier alpha value is -1.61. The molecule has 1 saturated heterocycles. The van der Waals surface area contributed by atoms with Crippen molar-refractivity contribution in [2.24, 2.45) is 0 Å². The van der Waals surface area contributed by atoms with Crippen LogP contribution in [0, 0.1) is 0 Å². The number of hydrogen-bond acceptors (Lipinski definition) is 3. The van der Waals surface area contributed by atoms with Crippen LogP contribution in [0.1, 0.15) is 12.8 Å². The Kier molecular flexibility index (Phi) is 3.15. The largest absolute Gasteiger partial charge is 0.370 e. The minimum absolute atomic E-state index is 0.588. The van der Waals surface area contributed by atoms with Crippen LogP contribution in [0.2, 0.25) is 0 Å². The normalized spacial score (nSPS) is 19.9. The van der Waals surface area contributed by atoms with Crippen LogP contribution in [0.15, 0.2) is 36.5 Å². The van der Waals surface area contributed by atoms with Gasteiger partial charge in [-0.3, -0.25) is 4.98 Å². The Bertz CT molecular complexity index is 527. The van der Waals surface area contributed by atoms with E-state index in [9.17, 15) is 0 Å². The van der Waals surface area contributed by atoms with Crippen LogP contribution < -0.4 is 10.2 Å². The minimum atomic E-state index is 0.588. The van der Waals surface area contributed by atoms with Crippen molar-refractivity contribution in [2.45, 2.75) is 18.9 Å². The molecule has 94 valence electrons. The van der Waals surface area contributed by atoms with Crippen molar-refractivity contribution in [3.05, 3.63) is 36.5 Å². The Balaban J connectivity index is 1.97. The fourth-order valence-electron chi connectivity index (χ4n) is 2.75. The van der Waals surface area contributed by atoms with Gasteiger partial charge in [-0.2, -0.15) is 0 Å². The molecule has 18 heavy (non-hydrogen) atoms. The summed E-state index contributed by atoms with van der Waals surface area (Å²) in [4.78, 5) is 6.83. The second-order valence-electron chi connectivity index (χ2n) is 4.96. The summed E-state index contributed by atoms with van der Waals surface area (Å²) in [5.41, 5.74) is 2.36. The highest BCUT2D eigenvalue weighted by molar-refractivity contribution is 5.91. The van der Waals surface area contributed by atoms with Crippen molar-refractivity contribution in [1.29, 1.82) is 0 Å². The topological polar surface area (TPSA) is 28.2 Å². The van der Waals surface area contributed by atoms with Gasteiger partial charge in [0.15, 0.2) is 0 Å². The third-order valence-corrected chi connectivity index (χ3v) is 3.82. The molecular formula is C15H19N3. The Labute approximate surface area is 108 Å². The van der Waals surface area contributed by atoms with E-state index in [2.05, 4.69) is 46.5 Å². The van der Waals surface area contributed by atoms with Crippen molar-refractivity contribution in [1.82, 2.24) is 10.3 Å². The lowest BCUT2D eigenvalue weighted by Crippen LogP contribution is -2.44. The SMILES string of the molecule is CN(c1ccnc2ccccc12)C1CCCNC1. The fourth-order valence-corrected chi connectivity index (χ4v) is 2.75. The first kappa shape index (κ1) is 11.5. The van der Waals surface area contributed by atoms with Gasteiger partial charge in [-0.15, -0.1) is 0 Å². The summed E-state index contributed by atoms with van der Waals surface area (Å²) in [6.07, 6.45) is 4.43. The van der Waals surface area contributed by atoms with Crippen molar-refractivity contribution in [2.75, 3.05) is 25.0 Å². The Morgan fingerprint density at radius 1 is 1.28 bits per heavy atom. The average molecular weight is 241 g/mol. The summed E-state index contributed by atoms with van der Waals surface area (Å²) in [6, 6.07) is 11.1. The summed E-state index contributed by atoms with van der Waals surface area (Å²) < 4.78 is 0. The lowest BCUT2D eigenvalue weighted by Gasteiger charge is -2.33. The van der Waals surface area contributed by atoms with Crippen LogP contribution in [0.3, 0.4) is 0 Å². The van der Waals surface area contributed by atoms with Crippen molar-refractivity contribution in [3.8, 4) is 0 Å². The van der Waals surface area contributed by atoms with Crippen molar-refractivity contribution < 1.29 is 0 Å². The summed E-state index contributed by atoms with van der Waals surface area (Å²) in [6.45, 7) is 2.23. The van der Waals surface area contributed by atoms with Gasteiger partial charge in [-0.05, 0) is 31.5 Å². The van der Waals surface area contributed by atoms with Gasteiger partial charge in [-0.1, -0.05) is 18.2 Å². The summed E-state index contributed by atoms with van der Waals surface area (Å²) >= 11 is 0. The van der Waals surface area contributed by atoms with Crippen LogP contribution in [0.5, 0.6) is 0 Å². The van der Waals surface area contributed by atoms with E-state index in [4.69, 9.17) is 0 Å². The molecule has 0 bridgehead atoms. The number of para-hydroxylation sites is 1. The van der Waals surface area contributed by atoms with E-state index in [0.29, 0.717) is 6.04 Å². The highest BCUT2D eigenvalue weighted by Crippen LogP contribution is 2.26. The predicted molar refractivity (Wildman–Crippen MR) is 76.0 cm³/mol. The highest BCUT2D eigenvalue weighted by atomic mass is 15.2. The first-order valence-corrected chi connectivity index (χ1v) is 6.63. The van der Waals surface area contributed by atoms with Gasteiger partial charge in [0, 0.05) is 36.9 Å². The lowest BCUT2D eigenvalue weighted by molar-refractivity contribution is 0.445. The smallest absolute Gasteiger partial charge is 0.0722 e. The standard InChI is InChI=1S/C15H19N3/c1-18(12-5-4-9-16-11-12)15-8-10-17-14-7-3-2-6-13(14)15/h2-3,6-8,10,12,16H,4-5,9,11H2,1H3. The predicted octanol–water partition coefficient (Wildman–Crippen LogP) is 2.42. The zero-order valence-corrected chi connectivity index (χ0v) is 10.8. The molecule has 0 saturated carbocycles. The van der Waals surface area contributed by atoms with E-state index in [1.807, 2.05) is 12.3 Å². The number of piperidine rings is 1. The molecule has 1 fully saturated rings. The number of benzene rings is 1. The zero-order valence-electron chi connectivity index (χ0n) is 10.8. The number of likely N-dealkylation sites (N-methyl/N-ethyl adjacent to an activating group) is 1. The first-order chi connectivity index (χ1) is 8.86. The van der Waals surface area contributed by atoms with Crippen molar-refractivity contribution in [3.63, 3.8) is 0 Å². The summed E-state index contributed by atoms with van der Waals surface area (Å²) in [7, 11) is 2.19. The first-order valence-electron chi connectivity index (χ1n) is 6.63. The molecule has 1 aromatic carbocycles. The van der Waals surface area contributed by atoms with Crippen LogP contribution in [-0.2, 0) is 0 Å². The maximum Gasteiger partial charge on any atom is 0.0722 e. The molecule has 0 aliphatic carbocycles. The maximum absolute atomic E-state index is 4.43. The van der Waals surface area contributed by atoms with Gasteiger partial charge in [0.2, 0.25) is 0 Å². The summed E-state index contributed by atoms with van der Waals surface area (Å²) in [5.74, 6) is 0. The minimum Gasteiger partial charge on any atom is -0.370 e. The average Bonchev–Trinajstić information content (AvgIpc) is 2.47. The Morgan fingerprint density at radius 3 is 3.00 bits per heavy atom. The summed E-state index contributed by atoms with van der Waals surface area (Å²) in [5, 5.41) is 4.72. The second-order valence-corrected chi connectivity index (χ2v) is 4.96. The van der Waals surface area contributed by atoms with Gasteiger partial charge < -0.3 is 10.2 Å². The molecule has 3 nitrogen and oxygen atoms in total. The molecule has 3 rings (SSSR count). The number of hydrogen-bond donors (Lipinski definition) is 1. The number of anilines is 1. The zero-order chi connectivity index (χ0) is 12.4. The molecular weight excluding hydrogens is 222 g/mol. The molecule has 2 heterocycles. The number of nitrogens with one attached hydrogen (secondary N) is 1. The number of fused-ring (bicyclic) bond motifs is 1. The Morgan fingerprint density at radius 2 is 2.17 bits per heavy atom. The van der Waals surface area contributed by atoms with Crippen LogP contribution in [-0.4, -0.2) is 31.2 Å². The van der Waals surface area contributed by atoms with Crippen LogP contribution >= 0.6 is 0 Å². The van der Waals surface area contributed by atoms with Crippen LogP contribution in [0.4, 0.5) is 5.69 Å². The monoisotopic (exact) mass is 241 g/mol. The third-order valence-electron chi connectivity index (χ3n) is 3.82. The number of rotatable bonds is 2. The molecule has 0 amide bonds. The lowest BCUT2D eigenvalue weighted by atomic mass is 10.0. The van der Waals surface area contributed by atoms with Crippen molar-refractivity contribution >= 4 is 16.6 Å². The maximum atomic E-state index is 4.43. The molecule has 1 aliphatic rings. The van der Waals surface area contributed by atoms with E-state index in [-0.39, 0.29) is 0 Å². The second kappa shape index (κ2) is 4.94. The van der Waals surface area contributed by atoms with E-state index in [0.717, 1.165) is 18.6 Å². The van der Waals surface area contributed by atoms with E-state index in [1.165, 1.54) is 23.9 Å². The van der Waals surface area contributed by atoms with E-state index >= 15 is 0 Å². The van der Waals surface area contributed by atoms with Gasteiger partial charge in [0.1, 0.15) is 0 Å². The molecule has 1 aliphatic heterocycles. The van der Waals surface area contributed by atoms with E-state index in [1.54, 1.807) is 0 Å². The quantitative estimate of drug-likeness (QED) is 0.875. The highest BCUT2D eigenvalue weighted by Gasteiger charge is 2.19. The number of nitrogens with zero attached hydrogens (tertiary/aromatic N) is 2. The van der Waals surface area contributed by atoms with Gasteiger partial charge >= 0.3 is 0 Å². The van der Waals surface area contributed by atoms with Crippen LogP contribution in [0.25, 0.3) is 10.9 Å². The van der Waals surface area contributed by atoms with Gasteiger partial charge in [0.25, 0.3) is 0 Å². The fraction of sp³-hybridized carbons (Fsp3) is 0.400. The van der Waals surface area contributed by atoms with Gasteiger partial charge in [0.05, 0.1) is 5.52 Å². The molecule has 0 radical (unpaired) electrons. The number of pyridine rings is 1. The molecule has 1 aromatic heterocycles. The number of aromatic nitrogens is 1.